The lowest BCUT2D eigenvalue weighted by atomic mass is 10.2. The molecule has 0 saturated carbocycles. The molecule has 0 aliphatic heterocycles. The van der Waals surface area contributed by atoms with Crippen LogP contribution in [0, 0.1) is 0 Å². The van der Waals surface area contributed by atoms with Gasteiger partial charge in [-0.15, -0.1) is 0 Å². The standard InChI is InChI=1S/C23H34N2O3/c1-5-24(6-2)19-11-9-13-21(15-19)27-18-23(17-26)28-22-14-10-12-20(16-22)25(7-3)8-4/h9-16,23,26H,5-8,17-18H2,1-4H3. The molecule has 2 aromatic rings. The fourth-order valence-corrected chi connectivity index (χ4v) is 3.21. The molecule has 0 aliphatic rings. The first-order valence-electron chi connectivity index (χ1n) is 10.2. The largest absolute Gasteiger partial charge is 0.490 e. The van der Waals surface area contributed by atoms with Crippen LogP contribution in [0.25, 0.3) is 0 Å². The molecule has 28 heavy (non-hydrogen) atoms. The van der Waals surface area contributed by atoms with Crippen LogP contribution in [0.4, 0.5) is 11.4 Å². The summed E-state index contributed by atoms with van der Waals surface area (Å²) in [5.74, 6) is 1.52. The normalized spacial score (nSPS) is 11.8. The summed E-state index contributed by atoms with van der Waals surface area (Å²) in [6, 6.07) is 16.0. The molecule has 1 atom stereocenters. The number of aliphatic hydroxyl groups is 1. The van der Waals surface area contributed by atoms with Gasteiger partial charge in [-0.05, 0) is 52.0 Å². The van der Waals surface area contributed by atoms with Crippen LogP contribution < -0.4 is 19.3 Å². The minimum Gasteiger partial charge on any atom is -0.490 e. The van der Waals surface area contributed by atoms with Crippen LogP contribution in [0.2, 0.25) is 0 Å². The van der Waals surface area contributed by atoms with Gasteiger partial charge in [0.2, 0.25) is 0 Å². The summed E-state index contributed by atoms with van der Waals surface area (Å²) in [6.07, 6.45) is -0.427. The zero-order chi connectivity index (χ0) is 20.4. The molecule has 5 nitrogen and oxygen atoms in total. The van der Waals surface area contributed by atoms with E-state index in [0.29, 0.717) is 0 Å². The summed E-state index contributed by atoms with van der Waals surface area (Å²) in [5, 5.41) is 9.73. The summed E-state index contributed by atoms with van der Waals surface area (Å²) in [7, 11) is 0. The minimum absolute atomic E-state index is 0.106. The number of anilines is 2. The Balaban J connectivity index is 2.00. The van der Waals surface area contributed by atoms with Crippen LogP contribution in [0.5, 0.6) is 11.5 Å². The Morgan fingerprint density at radius 3 is 1.79 bits per heavy atom. The molecule has 2 aromatic carbocycles. The van der Waals surface area contributed by atoms with E-state index in [0.717, 1.165) is 49.1 Å². The number of benzene rings is 2. The molecular weight excluding hydrogens is 352 g/mol. The first-order valence-corrected chi connectivity index (χ1v) is 10.2. The molecule has 0 aliphatic carbocycles. The maximum absolute atomic E-state index is 9.73. The Labute approximate surface area is 169 Å². The molecule has 2 rings (SSSR count). The fourth-order valence-electron chi connectivity index (χ4n) is 3.21. The van der Waals surface area contributed by atoms with Crippen molar-refractivity contribution in [2.45, 2.75) is 33.8 Å². The highest BCUT2D eigenvalue weighted by atomic mass is 16.5. The summed E-state index contributed by atoms with van der Waals surface area (Å²) >= 11 is 0. The van der Waals surface area contributed by atoms with Gasteiger partial charge in [-0.1, -0.05) is 12.1 Å². The Bertz CT molecular complexity index is 700. The van der Waals surface area contributed by atoms with Gasteiger partial charge in [-0.25, -0.2) is 0 Å². The quantitative estimate of drug-likeness (QED) is 0.592. The first-order chi connectivity index (χ1) is 13.6. The Kier molecular flexibility index (Phi) is 8.95. The second kappa shape index (κ2) is 11.4. The highest BCUT2D eigenvalue weighted by molar-refractivity contribution is 5.51. The monoisotopic (exact) mass is 386 g/mol. The van der Waals surface area contributed by atoms with Crippen molar-refractivity contribution in [3.63, 3.8) is 0 Å². The second-order valence-electron chi connectivity index (χ2n) is 6.57. The number of aliphatic hydroxyl groups excluding tert-OH is 1. The van der Waals surface area contributed by atoms with Gasteiger partial charge < -0.3 is 24.4 Å². The number of rotatable bonds is 12. The van der Waals surface area contributed by atoms with E-state index in [4.69, 9.17) is 9.47 Å². The molecule has 0 spiro atoms. The van der Waals surface area contributed by atoms with Crippen molar-refractivity contribution in [1.29, 1.82) is 0 Å². The third-order valence-corrected chi connectivity index (χ3v) is 4.83. The molecule has 0 bridgehead atoms. The summed E-state index contributed by atoms with van der Waals surface area (Å²) in [4.78, 5) is 4.53. The second-order valence-corrected chi connectivity index (χ2v) is 6.57. The van der Waals surface area contributed by atoms with Crippen molar-refractivity contribution in [1.82, 2.24) is 0 Å². The van der Waals surface area contributed by atoms with E-state index in [1.165, 1.54) is 0 Å². The molecule has 1 unspecified atom stereocenters. The Hall–Kier alpha value is -2.40. The maximum atomic E-state index is 9.73. The van der Waals surface area contributed by atoms with Crippen LogP contribution in [0.15, 0.2) is 48.5 Å². The van der Waals surface area contributed by atoms with E-state index in [1.54, 1.807) is 0 Å². The van der Waals surface area contributed by atoms with Gasteiger partial charge in [0.05, 0.1) is 6.61 Å². The highest BCUT2D eigenvalue weighted by Crippen LogP contribution is 2.23. The Morgan fingerprint density at radius 1 is 0.786 bits per heavy atom. The number of nitrogens with zero attached hydrogens (tertiary/aromatic N) is 2. The Morgan fingerprint density at radius 2 is 1.29 bits per heavy atom. The van der Waals surface area contributed by atoms with Gasteiger partial charge in [0.1, 0.15) is 18.1 Å². The van der Waals surface area contributed by atoms with Gasteiger partial charge in [-0.3, -0.25) is 0 Å². The zero-order valence-corrected chi connectivity index (χ0v) is 17.6. The van der Waals surface area contributed by atoms with Crippen LogP contribution in [0.1, 0.15) is 27.7 Å². The number of hydrogen-bond donors (Lipinski definition) is 1. The van der Waals surface area contributed by atoms with Crippen molar-refractivity contribution in [2.24, 2.45) is 0 Å². The van der Waals surface area contributed by atoms with E-state index < -0.39 is 6.10 Å². The van der Waals surface area contributed by atoms with E-state index >= 15 is 0 Å². The maximum Gasteiger partial charge on any atom is 0.155 e. The van der Waals surface area contributed by atoms with Gasteiger partial charge in [0.25, 0.3) is 0 Å². The fraction of sp³-hybridized carbons (Fsp3) is 0.478. The van der Waals surface area contributed by atoms with Crippen LogP contribution >= 0.6 is 0 Å². The predicted molar refractivity (Wildman–Crippen MR) is 117 cm³/mol. The van der Waals surface area contributed by atoms with E-state index in [-0.39, 0.29) is 13.2 Å². The van der Waals surface area contributed by atoms with E-state index in [2.05, 4.69) is 49.6 Å². The van der Waals surface area contributed by atoms with Crippen molar-refractivity contribution in [3.05, 3.63) is 48.5 Å². The van der Waals surface area contributed by atoms with Crippen LogP contribution in [0.3, 0.4) is 0 Å². The number of ether oxygens (including phenoxy) is 2. The van der Waals surface area contributed by atoms with Gasteiger partial charge in [-0.2, -0.15) is 0 Å². The lowest BCUT2D eigenvalue weighted by Crippen LogP contribution is -2.29. The highest BCUT2D eigenvalue weighted by Gasteiger charge is 2.13. The SMILES string of the molecule is CCN(CC)c1cccc(OCC(CO)Oc2cccc(N(CC)CC)c2)c1. The first kappa shape index (κ1) is 21.9. The van der Waals surface area contributed by atoms with Gasteiger partial charge in [0, 0.05) is 49.7 Å². The zero-order valence-electron chi connectivity index (χ0n) is 17.6. The van der Waals surface area contributed by atoms with Gasteiger partial charge >= 0.3 is 0 Å². The van der Waals surface area contributed by atoms with Crippen molar-refractivity contribution in [2.75, 3.05) is 49.2 Å². The van der Waals surface area contributed by atoms with Gasteiger partial charge in [0.15, 0.2) is 6.10 Å². The molecule has 0 heterocycles. The van der Waals surface area contributed by atoms with E-state index in [1.807, 2.05) is 36.4 Å². The molecule has 0 amide bonds. The molecular formula is C23H34N2O3. The van der Waals surface area contributed by atoms with Crippen molar-refractivity contribution < 1.29 is 14.6 Å². The third-order valence-electron chi connectivity index (χ3n) is 4.83. The molecule has 1 N–H and O–H groups in total. The predicted octanol–water partition coefficient (Wildman–Crippen LogP) is 4.20. The molecule has 154 valence electrons. The lowest BCUT2D eigenvalue weighted by Gasteiger charge is -2.23. The molecule has 5 heteroatoms. The van der Waals surface area contributed by atoms with Crippen molar-refractivity contribution in [3.8, 4) is 11.5 Å². The molecule has 0 aromatic heterocycles. The molecule has 0 saturated heterocycles. The minimum atomic E-state index is -0.427. The molecule has 0 fully saturated rings. The smallest absolute Gasteiger partial charge is 0.155 e. The molecule has 0 radical (unpaired) electrons. The average Bonchev–Trinajstić information content (AvgIpc) is 2.73. The third kappa shape index (κ3) is 6.06. The van der Waals surface area contributed by atoms with Crippen LogP contribution in [-0.2, 0) is 0 Å². The topological polar surface area (TPSA) is 45.2 Å². The van der Waals surface area contributed by atoms with Crippen molar-refractivity contribution >= 4 is 11.4 Å². The van der Waals surface area contributed by atoms with Crippen LogP contribution in [-0.4, -0.2) is 50.6 Å². The number of hydrogen-bond acceptors (Lipinski definition) is 5. The average molecular weight is 387 g/mol. The summed E-state index contributed by atoms with van der Waals surface area (Å²) in [5.41, 5.74) is 2.25. The lowest BCUT2D eigenvalue weighted by molar-refractivity contribution is 0.0718. The summed E-state index contributed by atoms with van der Waals surface area (Å²) < 4.78 is 11.9. The summed E-state index contributed by atoms with van der Waals surface area (Å²) in [6.45, 7) is 12.5. The van der Waals surface area contributed by atoms with E-state index in [9.17, 15) is 5.11 Å².